The second-order valence-corrected chi connectivity index (χ2v) is 41.1. The first-order valence-electron chi connectivity index (χ1n) is 45.7. The number of nitrogens with one attached hydrogen (secondary N) is 7. The van der Waals surface area contributed by atoms with Crippen LogP contribution in [-0.4, -0.2) is 160 Å². The van der Waals surface area contributed by atoms with E-state index in [9.17, 15) is 88.3 Å². The van der Waals surface area contributed by atoms with Crippen molar-refractivity contribution < 1.29 is 103 Å². The van der Waals surface area contributed by atoms with Gasteiger partial charge in [0.05, 0.1) is 61.7 Å². The number of carbonyl (C=O) groups excluding carboxylic acids is 5. The fourth-order valence-corrected chi connectivity index (χ4v) is 16.2. The normalized spacial score (nSPS) is 14.0. The number of amides is 5. The van der Waals surface area contributed by atoms with Gasteiger partial charge in [-0.25, -0.2) is 53.5 Å². The second-order valence-electron chi connectivity index (χ2n) is 37.4. The van der Waals surface area contributed by atoms with Gasteiger partial charge in [0.1, 0.15) is 75.5 Å². The van der Waals surface area contributed by atoms with E-state index in [2.05, 4.69) is 134 Å². The maximum absolute atomic E-state index is 13.6. The van der Waals surface area contributed by atoms with E-state index in [0.29, 0.717) is 61.6 Å². The lowest BCUT2D eigenvalue weighted by molar-refractivity contribution is -0.121. The van der Waals surface area contributed by atoms with Crippen molar-refractivity contribution in [3.63, 3.8) is 0 Å². The van der Waals surface area contributed by atoms with Crippen molar-refractivity contribution in [3.8, 4) is 0 Å². The minimum Gasteiger partial charge on any atom is -0.444 e. The summed E-state index contributed by atoms with van der Waals surface area (Å²) in [6, 6.07) is 51.9. The molecule has 0 unspecified atom stereocenters. The van der Waals surface area contributed by atoms with Gasteiger partial charge in [-0.05, 0) is 256 Å². The largest absolute Gasteiger partial charge is 0.444 e. The van der Waals surface area contributed by atoms with Gasteiger partial charge in [0.25, 0.3) is 0 Å². The zero-order valence-electron chi connectivity index (χ0n) is 81.2. The van der Waals surface area contributed by atoms with Gasteiger partial charge >= 0.3 is 12.2 Å². The quantitative estimate of drug-likeness (QED) is 0.0127. The minimum absolute atomic E-state index is 0.0333. The standard InChI is InChI=1S/C24H29BrF2N2O4.C24H32F2N2O2.C19H21BrF2N2O2.C17H19BrF2N2O.C15H19F2NO3.C7H8BrN/c1-15(30)28-21(11-17-9-19(26)12-20(27)10-17)22(31)14-29(23(32)33-24(2,3)4)13-16-6-5-7-18(25)8-16;1-16(29)28-22(11-19-9-20(25)12-21(26)10-19)23(30)15-27-14-18-7-5-6-17(8-18)13-24(2,3)4;1-12(25)24-18(8-14-6-16(21)9-17(22)7-14)19(26)11-23-10-13-3-2-4-15(20)5-13;18-13-3-1-2-11(4-13)9-22-10-17(23)16(21)7-12-5-14(19)8-15(20)6-12;1-15(2,3)21-14(19)18-12(13-8-20-13)6-9-4-10(16)7-11(17)5-9;8-7-3-1-2-6(4-7)5-9/h5-10,12,21-22,31H,11,13-14H2,1-4H3,(H,28,30);5-10,12,22-23,27,30H,11,13-15H2,1-4H3,(H,28,29);2-7,9,18-19,23,26H,8,10-11H2,1H3,(H,24,25);1-6,8,16-17,22-23H,7,9-10,21H2;4-5,7,12-13H,6,8H2,1-3H3,(H,18,19);1-4H,5,9H2/t21-,22+;22-,23+;18-,19+;16-,17+;12-,13+;/m00000./s1. The van der Waals surface area contributed by atoms with Crippen LogP contribution in [0.15, 0.2) is 230 Å². The average molecular weight is 2240 g/mol. The van der Waals surface area contributed by atoms with E-state index in [1.54, 1.807) is 41.5 Å². The molecule has 15 N–H and O–H groups in total. The van der Waals surface area contributed by atoms with Crippen LogP contribution in [0.25, 0.3) is 0 Å². The van der Waals surface area contributed by atoms with Crippen LogP contribution < -0.4 is 48.7 Å². The summed E-state index contributed by atoms with van der Waals surface area (Å²) >= 11 is 13.5. The van der Waals surface area contributed by atoms with Gasteiger partial charge in [-0.2, -0.15) is 0 Å². The summed E-state index contributed by atoms with van der Waals surface area (Å²) in [7, 11) is 0. The van der Waals surface area contributed by atoms with Crippen LogP contribution in [0.1, 0.15) is 144 Å². The van der Waals surface area contributed by atoms with E-state index in [1.807, 2.05) is 109 Å². The highest BCUT2D eigenvalue weighted by molar-refractivity contribution is 9.11. The number of alkyl carbamates (subject to hydrolysis) is 1. The van der Waals surface area contributed by atoms with Crippen LogP contribution in [0.4, 0.5) is 53.5 Å². The predicted molar refractivity (Wildman–Crippen MR) is 544 cm³/mol. The number of ether oxygens (including phenoxy) is 3. The van der Waals surface area contributed by atoms with Crippen molar-refractivity contribution in [3.05, 3.63) is 350 Å². The second kappa shape index (κ2) is 60.0. The number of aliphatic hydroxyl groups excluding tert-OH is 4. The van der Waals surface area contributed by atoms with Crippen LogP contribution in [0.2, 0.25) is 0 Å². The first kappa shape index (κ1) is 121. The number of hydrogen-bond acceptors (Lipinski definition) is 17. The number of nitrogens with two attached hydrogens (primary N) is 2. The molecule has 10 atom stereocenters. The fraction of sp³-hybridized carbons (Fsp3) is 0.387. The van der Waals surface area contributed by atoms with E-state index < -0.39 is 136 Å². The van der Waals surface area contributed by atoms with Crippen molar-refractivity contribution in [2.75, 3.05) is 32.8 Å². The van der Waals surface area contributed by atoms with Crippen LogP contribution in [0.5, 0.6) is 0 Å². The molecule has 1 aliphatic heterocycles. The van der Waals surface area contributed by atoms with Gasteiger partial charge in [-0.15, -0.1) is 0 Å². The Labute approximate surface area is 857 Å². The molecule has 0 radical (unpaired) electrons. The molecule has 10 aromatic rings. The molecule has 0 bridgehead atoms. The fourth-order valence-electron chi connectivity index (χ4n) is 14.4. The van der Waals surface area contributed by atoms with Gasteiger partial charge in [0.15, 0.2) is 0 Å². The molecule has 11 rings (SSSR count). The van der Waals surface area contributed by atoms with E-state index in [0.717, 1.165) is 94.6 Å². The van der Waals surface area contributed by atoms with Gasteiger partial charge in [-0.1, -0.05) is 157 Å². The lowest BCUT2D eigenvalue weighted by Gasteiger charge is -2.32. The summed E-state index contributed by atoms with van der Waals surface area (Å²) in [5.74, 6) is -7.90. The van der Waals surface area contributed by atoms with Gasteiger partial charge in [0.2, 0.25) is 17.7 Å². The lowest BCUT2D eigenvalue weighted by atomic mass is 9.88. The highest BCUT2D eigenvalue weighted by atomic mass is 79.9. The molecule has 1 aliphatic rings. The van der Waals surface area contributed by atoms with Crippen molar-refractivity contribution >= 4 is 93.6 Å². The smallest absolute Gasteiger partial charge is 0.410 e. The molecule has 22 nitrogen and oxygen atoms in total. The van der Waals surface area contributed by atoms with E-state index in [4.69, 9.17) is 25.7 Å². The zero-order valence-corrected chi connectivity index (χ0v) is 87.6. The van der Waals surface area contributed by atoms with E-state index in [-0.39, 0.29) is 93.2 Å². The SMILES string of the molecule is CC(=O)N[C@@H](Cc1cc(F)cc(F)c1)[C@H](O)CN(Cc1cccc(Br)c1)C(=O)OC(C)(C)C.CC(=O)N[C@@H](Cc1cc(F)cc(F)c1)[C@H](O)CNCc1cccc(Br)c1.CC(=O)N[C@@H](Cc1cc(F)cc(F)c1)[C@H](O)CNCc1cccc(CC(C)(C)C)c1.CC(C)(C)OC(=O)N[C@@H](Cc1cc(F)cc(F)c1)[C@H]1CO1.NCc1cccc(Br)c1.N[C@@H](Cc1cc(F)cc(F)c1)[C@H](O)CNCc1cccc(Br)c1. The number of halogens is 14. The van der Waals surface area contributed by atoms with Gasteiger partial charge < -0.3 is 88.2 Å². The Morgan fingerprint density at radius 1 is 0.387 bits per heavy atom. The number of hydrogen-bond donors (Lipinski definition) is 13. The molecule has 36 heteroatoms. The molecular weight excluding hydrogens is 2110 g/mol. The van der Waals surface area contributed by atoms with Crippen molar-refractivity contribution in [2.24, 2.45) is 16.9 Å². The molecular formula is C106H128Br4F10N10O12. The third-order valence-corrected chi connectivity index (χ3v) is 22.4. The Morgan fingerprint density at radius 2 is 0.683 bits per heavy atom. The van der Waals surface area contributed by atoms with Gasteiger partial charge in [-0.3, -0.25) is 14.4 Å². The number of rotatable bonds is 37. The molecule has 142 heavy (non-hydrogen) atoms. The Morgan fingerprint density at radius 3 is 1.01 bits per heavy atom. The van der Waals surface area contributed by atoms with Crippen LogP contribution >= 0.6 is 63.7 Å². The molecule has 0 spiro atoms. The molecule has 0 aromatic heterocycles. The first-order valence-corrected chi connectivity index (χ1v) is 48.8. The van der Waals surface area contributed by atoms with Crippen molar-refractivity contribution in [2.45, 2.75) is 226 Å². The number of benzene rings is 10. The molecule has 772 valence electrons. The number of nitrogens with zero attached hydrogens (tertiary/aromatic N) is 1. The summed E-state index contributed by atoms with van der Waals surface area (Å²) in [4.78, 5) is 60.7. The third-order valence-electron chi connectivity index (χ3n) is 20.5. The van der Waals surface area contributed by atoms with Crippen molar-refractivity contribution in [1.29, 1.82) is 0 Å². The summed E-state index contributed by atoms with van der Waals surface area (Å²) < 4.78 is 153. The minimum atomic E-state index is -1.24. The highest BCUT2D eigenvalue weighted by Gasteiger charge is 2.36. The molecule has 0 aliphatic carbocycles. The summed E-state index contributed by atoms with van der Waals surface area (Å²) in [5, 5.41) is 62.1. The maximum atomic E-state index is 13.6. The van der Waals surface area contributed by atoms with Crippen LogP contribution in [0.3, 0.4) is 0 Å². The van der Waals surface area contributed by atoms with Crippen LogP contribution in [-0.2, 0) is 99.8 Å². The monoisotopic (exact) mass is 2240 g/mol. The molecule has 10 aromatic carbocycles. The Kier molecular flexibility index (Phi) is 51.0. The Balaban J connectivity index is 0.000000267. The number of epoxide rings is 1. The zero-order chi connectivity index (χ0) is 105. The average Bonchev–Trinajstić information content (AvgIpc) is 1.67. The maximum Gasteiger partial charge on any atom is 0.410 e. The highest BCUT2D eigenvalue weighted by Crippen LogP contribution is 2.27. The van der Waals surface area contributed by atoms with E-state index >= 15 is 0 Å². The van der Waals surface area contributed by atoms with Crippen molar-refractivity contribution in [1.82, 2.24) is 42.1 Å². The lowest BCUT2D eigenvalue weighted by Crippen LogP contribution is -2.50. The number of aliphatic hydroxyl groups is 4. The molecule has 1 saturated heterocycles. The Bertz CT molecular complexity index is 5570. The molecule has 0 saturated carbocycles. The third kappa shape index (κ3) is 51.0. The number of carbonyl (C=O) groups is 5. The Hall–Kier alpha value is -10.0. The predicted octanol–water partition coefficient (Wildman–Crippen LogP) is 18.7. The topological polar surface area (TPSA) is 337 Å². The van der Waals surface area contributed by atoms with Gasteiger partial charge in [0, 0.05) is 127 Å². The van der Waals surface area contributed by atoms with E-state index in [1.165, 1.54) is 79.8 Å². The summed E-state index contributed by atoms with van der Waals surface area (Å²) in [5.41, 5.74) is 18.5. The molecule has 1 fully saturated rings. The summed E-state index contributed by atoms with van der Waals surface area (Å²) in [6.45, 7) is 24.6. The molecule has 5 amide bonds. The molecule has 1 heterocycles. The first-order chi connectivity index (χ1) is 66.6. The van der Waals surface area contributed by atoms with Crippen LogP contribution in [0, 0.1) is 63.6 Å². The summed E-state index contributed by atoms with van der Waals surface area (Å²) in [6.07, 6.45) is -3.58.